The first-order chi connectivity index (χ1) is 10.5. The zero-order valence-electron chi connectivity index (χ0n) is 12.6. The molecule has 0 aliphatic rings. The van der Waals surface area contributed by atoms with Crippen LogP contribution in [0.25, 0.3) is 10.9 Å². The van der Waals surface area contributed by atoms with E-state index in [0.29, 0.717) is 6.54 Å². The highest BCUT2D eigenvalue weighted by atomic mass is 79.9. The number of hydrogen-bond donors (Lipinski definition) is 1. The molecule has 0 bridgehead atoms. The quantitative estimate of drug-likeness (QED) is 0.727. The number of fused-ring (bicyclic) bond motifs is 1. The van der Waals surface area contributed by atoms with Crippen molar-refractivity contribution in [3.8, 4) is 0 Å². The van der Waals surface area contributed by atoms with Gasteiger partial charge in [-0.05, 0) is 49.7 Å². The molecule has 1 heterocycles. The maximum absolute atomic E-state index is 12.3. The molecule has 1 aromatic heterocycles. The van der Waals surface area contributed by atoms with Gasteiger partial charge in [-0.25, -0.2) is 0 Å². The second-order valence-electron chi connectivity index (χ2n) is 5.51. The van der Waals surface area contributed by atoms with Crippen LogP contribution in [0.5, 0.6) is 0 Å². The van der Waals surface area contributed by atoms with Crippen LogP contribution in [0.1, 0.15) is 11.1 Å². The summed E-state index contributed by atoms with van der Waals surface area (Å²) < 4.78 is 3.00. The molecule has 22 heavy (non-hydrogen) atoms. The number of nitrogens with one attached hydrogen (secondary N) is 1. The molecule has 0 aliphatic carbocycles. The Morgan fingerprint density at radius 1 is 1.14 bits per heavy atom. The molecule has 0 saturated heterocycles. The molecule has 0 aliphatic heterocycles. The normalized spacial score (nSPS) is 10.9. The fraction of sp³-hybridized carbons (Fsp3) is 0.167. The predicted molar refractivity (Wildman–Crippen MR) is 94.2 cm³/mol. The van der Waals surface area contributed by atoms with Crippen LogP contribution in [0.2, 0.25) is 0 Å². The average Bonchev–Trinajstić information content (AvgIpc) is 2.84. The van der Waals surface area contributed by atoms with Crippen LogP contribution in [0.4, 0.5) is 5.69 Å². The molecule has 3 aromatic rings. The molecule has 0 saturated carbocycles. The maximum Gasteiger partial charge on any atom is 0.244 e. The molecule has 0 radical (unpaired) electrons. The van der Waals surface area contributed by atoms with Crippen molar-refractivity contribution >= 4 is 38.4 Å². The minimum atomic E-state index is -0.0210. The Labute approximate surface area is 138 Å². The molecular weight excluding hydrogens is 340 g/mol. The van der Waals surface area contributed by atoms with E-state index in [1.807, 2.05) is 61.0 Å². The van der Waals surface area contributed by atoms with Crippen molar-refractivity contribution in [3.05, 3.63) is 64.3 Å². The van der Waals surface area contributed by atoms with E-state index in [2.05, 4.69) is 27.3 Å². The zero-order valence-corrected chi connectivity index (χ0v) is 14.1. The maximum atomic E-state index is 12.3. The van der Waals surface area contributed by atoms with Crippen LogP contribution in [0.15, 0.2) is 53.1 Å². The van der Waals surface area contributed by atoms with E-state index in [9.17, 15) is 4.79 Å². The molecule has 0 atom stereocenters. The van der Waals surface area contributed by atoms with Gasteiger partial charge in [-0.3, -0.25) is 4.79 Å². The lowest BCUT2D eigenvalue weighted by atomic mass is 10.1. The molecule has 112 valence electrons. The third-order valence-electron chi connectivity index (χ3n) is 3.70. The molecule has 1 N–H and O–H groups in total. The lowest BCUT2D eigenvalue weighted by molar-refractivity contribution is -0.116. The van der Waals surface area contributed by atoms with Gasteiger partial charge in [0.1, 0.15) is 6.54 Å². The van der Waals surface area contributed by atoms with Gasteiger partial charge < -0.3 is 9.88 Å². The van der Waals surface area contributed by atoms with Crippen LogP contribution in [0.3, 0.4) is 0 Å². The number of anilines is 1. The first kappa shape index (κ1) is 14.9. The second-order valence-corrected chi connectivity index (χ2v) is 6.43. The Morgan fingerprint density at radius 3 is 2.73 bits per heavy atom. The van der Waals surface area contributed by atoms with Crippen LogP contribution >= 0.6 is 15.9 Å². The number of rotatable bonds is 3. The van der Waals surface area contributed by atoms with Gasteiger partial charge in [0.15, 0.2) is 0 Å². The Morgan fingerprint density at radius 2 is 1.95 bits per heavy atom. The fourth-order valence-electron chi connectivity index (χ4n) is 2.61. The number of halogens is 1. The number of benzene rings is 2. The lowest BCUT2D eigenvalue weighted by Crippen LogP contribution is -2.18. The van der Waals surface area contributed by atoms with Crippen molar-refractivity contribution in [1.82, 2.24) is 4.57 Å². The third-order valence-corrected chi connectivity index (χ3v) is 4.20. The summed E-state index contributed by atoms with van der Waals surface area (Å²) in [7, 11) is 0. The summed E-state index contributed by atoms with van der Waals surface area (Å²) in [5.41, 5.74) is 4.20. The van der Waals surface area contributed by atoms with E-state index < -0.39 is 0 Å². The standard InChI is InChI=1S/C18H17BrN2O/c1-12-3-5-16(13(2)9-12)20-18(22)11-21-8-7-14-10-15(19)4-6-17(14)21/h3-10H,11H2,1-2H3,(H,20,22). The van der Waals surface area contributed by atoms with Gasteiger partial charge in [-0.2, -0.15) is 0 Å². The summed E-state index contributed by atoms with van der Waals surface area (Å²) in [6, 6.07) is 14.1. The van der Waals surface area contributed by atoms with E-state index in [-0.39, 0.29) is 5.91 Å². The van der Waals surface area contributed by atoms with E-state index in [0.717, 1.165) is 26.6 Å². The summed E-state index contributed by atoms with van der Waals surface area (Å²) in [6.07, 6.45) is 1.94. The van der Waals surface area contributed by atoms with Gasteiger partial charge in [0.25, 0.3) is 0 Å². The number of nitrogens with zero attached hydrogens (tertiary/aromatic N) is 1. The van der Waals surface area contributed by atoms with Crippen molar-refractivity contribution in [2.75, 3.05) is 5.32 Å². The number of amides is 1. The van der Waals surface area contributed by atoms with E-state index in [4.69, 9.17) is 0 Å². The molecular formula is C18H17BrN2O. The Balaban J connectivity index is 1.78. The molecule has 1 amide bonds. The number of carbonyl (C=O) groups excluding carboxylic acids is 1. The number of aromatic nitrogens is 1. The minimum absolute atomic E-state index is 0.0210. The first-order valence-corrected chi connectivity index (χ1v) is 7.94. The van der Waals surface area contributed by atoms with Crippen molar-refractivity contribution in [2.24, 2.45) is 0 Å². The Kier molecular flexibility index (Phi) is 4.03. The first-order valence-electron chi connectivity index (χ1n) is 7.14. The summed E-state index contributed by atoms with van der Waals surface area (Å²) in [4.78, 5) is 12.3. The SMILES string of the molecule is Cc1ccc(NC(=O)Cn2ccc3cc(Br)ccc32)c(C)c1. The van der Waals surface area contributed by atoms with Gasteiger partial charge in [0.05, 0.1) is 0 Å². The van der Waals surface area contributed by atoms with Crippen LogP contribution in [-0.2, 0) is 11.3 Å². The second kappa shape index (κ2) is 5.97. The summed E-state index contributed by atoms with van der Waals surface area (Å²) in [6.45, 7) is 4.35. The van der Waals surface area contributed by atoms with Gasteiger partial charge >= 0.3 is 0 Å². The molecule has 0 unspecified atom stereocenters. The molecule has 4 heteroatoms. The zero-order chi connectivity index (χ0) is 15.7. The highest BCUT2D eigenvalue weighted by Crippen LogP contribution is 2.21. The van der Waals surface area contributed by atoms with Gasteiger partial charge in [0.2, 0.25) is 5.91 Å². The smallest absolute Gasteiger partial charge is 0.244 e. The summed E-state index contributed by atoms with van der Waals surface area (Å²) in [5.74, 6) is -0.0210. The molecule has 2 aromatic carbocycles. The highest BCUT2D eigenvalue weighted by Gasteiger charge is 2.08. The van der Waals surface area contributed by atoms with Crippen LogP contribution < -0.4 is 5.32 Å². The summed E-state index contributed by atoms with van der Waals surface area (Å²) >= 11 is 3.46. The lowest BCUT2D eigenvalue weighted by Gasteiger charge is -2.10. The van der Waals surface area contributed by atoms with Crippen LogP contribution in [-0.4, -0.2) is 10.5 Å². The number of aryl methyl sites for hydroxylation is 2. The highest BCUT2D eigenvalue weighted by molar-refractivity contribution is 9.10. The van der Waals surface area contributed by atoms with E-state index >= 15 is 0 Å². The molecule has 3 rings (SSSR count). The van der Waals surface area contributed by atoms with E-state index in [1.165, 1.54) is 5.56 Å². The number of carbonyl (C=O) groups is 1. The fourth-order valence-corrected chi connectivity index (χ4v) is 2.99. The topological polar surface area (TPSA) is 34.0 Å². The monoisotopic (exact) mass is 356 g/mol. The van der Waals surface area contributed by atoms with Gasteiger partial charge in [-0.1, -0.05) is 33.6 Å². The van der Waals surface area contributed by atoms with Crippen molar-refractivity contribution in [3.63, 3.8) is 0 Å². The van der Waals surface area contributed by atoms with Crippen molar-refractivity contribution < 1.29 is 4.79 Å². The number of hydrogen-bond acceptors (Lipinski definition) is 1. The van der Waals surface area contributed by atoms with Crippen molar-refractivity contribution in [1.29, 1.82) is 0 Å². The Hall–Kier alpha value is -2.07. The van der Waals surface area contributed by atoms with Gasteiger partial charge in [0, 0.05) is 27.3 Å². The van der Waals surface area contributed by atoms with E-state index in [1.54, 1.807) is 0 Å². The predicted octanol–water partition coefficient (Wildman–Crippen LogP) is 4.66. The average molecular weight is 357 g/mol. The molecule has 0 spiro atoms. The van der Waals surface area contributed by atoms with Crippen molar-refractivity contribution in [2.45, 2.75) is 20.4 Å². The Bertz CT molecular complexity index is 851. The molecule has 3 nitrogen and oxygen atoms in total. The van der Waals surface area contributed by atoms with Gasteiger partial charge in [-0.15, -0.1) is 0 Å². The van der Waals surface area contributed by atoms with Crippen LogP contribution in [0, 0.1) is 13.8 Å². The molecule has 0 fully saturated rings. The minimum Gasteiger partial charge on any atom is -0.338 e. The largest absolute Gasteiger partial charge is 0.338 e. The third kappa shape index (κ3) is 3.07. The summed E-state index contributed by atoms with van der Waals surface area (Å²) in [5, 5.41) is 4.10.